The number of anilines is 3. The highest BCUT2D eigenvalue weighted by Crippen LogP contribution is 2.29. The van der Waals surface area contributed by atoms with Gasteiger partial charge in [0, 0.05) is 33.8 Å². The largest absolute Gasteiger partial charge is 0.457 e. The van der Waals surface area contributed by atoms with Gasteiger partial charge >= 0.3 is 11.9 Å². The average molecular weight is 598 g/mol. The molecule has 0 saturated carbocycles. The Balaban J connectivity index is 1.19. The second-order valence-corrected chi connectivity index (χ2v) is 9.90. The van der Waals surface area contributed by atoms with Crippen LogP contribution in [0.25, 0.3) is 0 Å². The predicted octanol–water partition coefficient (Wildman–Crippen LogP) is 6.55. The molecule has 1 heterocycles. The minimum atomic E-state index is -0.731. The van der Waals surface area contributed by atoms with Crippen molar-refractivity contribution in [2.75, 3.05) is 16.0 Å². The summed E-state index contributed by atoms with van der Waals surface area (Å²) < 4.78 is 10.4. The first-order valence-corrected chi connectivity index (χ1v) is 13.7. The summed E-state index contributed by atoms with van der Waals surface area (Å²) in [5.74, 6) is -1.93. The second-order valence-electron chi connectivity index (χ2n) is 9.90. The molecule has 6 rings (SSSR count). The predicted molar refractivity (Wildman–Crippen MR) is 166 cm³/mol. The Hall–Kier alpha value is -6.55. The Morgan fingerprint density at radius 1 is 0.467 bits per heavy atom. The molecule has 10 heteroatoms. The van der Waals surface area contributed by atoms with Gasteiger partial charge in [-0.15, -0.1) is 0 Å². The summed E-state index contributed by atoms with van der Waals surface area (Å²) in [6, 6.07) is 32.7. The van der Waals surface area contributed by atoms with Crippen LogP contribution in [0.1, 0.15) is 51.8 Å². The van der Waals surface area contributed by atoms with E-state index in [1.54, 1.807) is 97.1 Å². The van der Waals surface area contributed by atoms with E-state index >= 15 is 0 Å². The molecule has 5 aromatic rings. The SMILES string of the molecule is O=C(Nc1cc(NC(=O)c2ccccc2)cc(C(=O)Nc2ccc(Oc3ccc4c(c3)C(=O)OC4=O)cc2)c1)c1ccccc1. The van der Waals surface area contributed by atoms with Crippen molar-refractivity contribution in [1.82, 2.24) is 0 Å². The van der Waals surface area contributed by atoms with Gasteiger partial charge in [0.1, 0.15) is 11.5 Å². The van der Waals surface area contributed by atoms with E-state index in [0.717, 1.165) is 0 Å². The standard InChI is InChI=1S/C35H23N3O7/c39-31(21-7-3-1-4-8-21)37-25-17-23(18-26(19-25)38-32(40)22-9-5-2-6-10-22)33(41)36-24-11-13-27(14-12-24)44-28-15-16-29-30(20-28)35(43)45-34(29)42/h1-20H,(H,36,41)(H,37,39)(H,38,40). The van der Waals surface area contributed by atoms with Crippen LogP contribution in [0.15, 0.2) is 121 Å². The maximum absolute atomic E-state index is 13.3. The molecular weight excluding hydrogens is 574 g/mol. The first kappa shape index (κ1) is 28.6. The Bertz CT molecular complexity index is 1890. The average Bonchev–Trinajstić information content (AvgIpc) is 3.34. The topological polar surface area (TPSA) is 140 Å². The van der Waals surface area contributed by atoms with Crippen molar-refractivity contribution in [3.05, 3.63) is 149 Å². The Morgan fingerprint density at radius 3 is 1.53 bits per heavy atom. The summed E-state index contributed by atoms with van der Waals surface area (Å²) in [7, 11) is 0. The number of carbonyl (C=O) groups excluding carboxylic acids is 5. The molecule has 45 heavy (non-hydrogen) atoms. The van der Waals surface area contributed by atoms with Gasteiger partial charge in [-0.3, -0.25) is 14.4 Å². The quantitative estimate of drug-likeness (QED) is 0.136. The monoisotopic (exact) mass is 597 g/mol. The van der Waals surface area contributed by atoms with Crippen LogP contribution in [0.3, 0.4) is 0 Å². The number of carbonyl (C=O) groups is 5. The van der Waals surface area contributed by atoms with Crippen molar-refractivity contribution < 1.29 is 33.4 Å². The third-order valence-electron chi connectivity index (χ3n) is 6.75. The van der Waals surface area contributed by atoms with E-state index in [4.69, 9.17) is 4.74 Å². The van der Waals surface area contributed by atoms with E-state index in [1.165, 1.54) is 24.3 Å². The number of cyclic esters (lactones) is 2. The third-order valence-corrected chi connectivity index (χ3v) is 6.75. The maximum atomic E-state index is 13.3. The lowest BCUT2D eigenvalue weighted by Gasteiger charge is -2.13. The van der Waals surface area contributed by atoms with Crippen LogP contribution in [-0.4, -0.2) is 29.7 Å². The highest BCUT2D eigenvalue weighted by molar-refractivity contribution is 6.15. The number of amides is 3. The smallest absolute Gasteiger partial charge is 0.347 e. The van der Waals surface area contributed by atoms with Crippen molar-refractivity contribution in [2.24, 2.45) is 0 Å². The zero-order valence-electron chi connectivity index (χ0n) is 23.4. The van der Waals surface area contributed by atoms with E-state index in [-0.39, 0.29) is 28.5 Å². The highest BCUT2D eigenvalue weighted by atomic mass is 16.6. The van der Waals surface area contributed by atoms with Crippen LogP contribution in [0.2, 0.25) is 0 Å². The van der Waals surface area contributed by atoms with Crippen molar-refractivity contribution >= 4 is 46.7 Å². The number of fused-ring (bicyclic) bond motifs is 1. The molecule has 0 unspecified atom stereocenters. The molecule has 1 aliphatic heterocycles. The fourth-order valence-electron chi connectivity index (χ4n) is 4.56. The summed E-state index contributed by atoms with van der Waals surface area (Å²) in [5, 5.41) is 8.38. The molecule has 3 amide bonds. The van der Waals surface area contributed by atoms with Crippen molar-refractivity contribution in [3.63, 3.8) is 0 Å². The number of hydrogen-bond acceptors (Lipinski definition) is 7. The lowest BCUT2D eigenvalue weighted by molar-refractivity contribution is 0.0443. The summed E-state index contributed by atoms with van der Waals surface area (Å²) in [4.78, 5) is 62.5. The highest BCUT2D eigenvalue weighted by Gasteiger charge is 2.30. The summed E-state index contributed by atoms with van der Waals surface area (Å²) in [5.41, 5.74) is 2.41. The van der Waals surface area contributed by atoms with Gasteiger partial charge < -0.3 is 25.4 Å². The van der Waals surface area contributed by atoms with Gasteiger partial charge in [0.25, 0.3) is 17.7 Å². The first-order valence-electron chi connectivity index (χ1n) is 13.7. The van der Waals surface area contributed by atoms with E-state index in [1.807, 2.05) is 0 Å². The molecular formula is C35H23N3O7. The van der Waals surface area contributed by atoms with Crippen molar-refractivity contribution in [2.45, 2.75) is 0 Å². The zero-order valence-corrected chi connectivity index (χ0v) is 23.4. The molecule has 0 aliphatic carbocycles. The number of ether oxygens (including phenoxy) is 2. The van der Waals surface area contributed by atoms with Gasteiger partial charge in [-0.05, 0) is 84.9 Å². The van der Waals surface area contributed by atoms with Crippen LogP contribution < -0.4 is 20.7 Å². The molecule has 0 atom stereocenters. The van der Waals surface area contributed by atoms with Crippen LogP contribution >= 0.6 is 0 Å². The van der Waals surface area contributed by atoms with Gasteiger partial charge in [0.15, 0.2) is 0 Å². The molecule has 0 radical (unpaired) electrons. The van der Waals surface area contributed by atoms with E-state index in [2.05, 4.69) is 20.7 Å². The van der Waals surface area contributed by atoms with Crippen molar-refractivity contribution in [1.29, 1.82) is 0 Å². The molecule has 0 bridgehead atoms. The fraction of sp³-hybridized carbons (Fsp3) is 0. The molecule has 1 aliphatic rings. The zero-order chi connectivity index (χ0) is 31.3. The van der Waals surface area contributed by atoms with Crippen molar-refractivity contribution in [3.8, 4) is 11.5 Å². The van der Waals surface area contributed by atoms with E-state index < -0.39 is 17.8 Å². The maximum Gasteiger partial charge on any atom is 0.347 e. The number of benzene rings is 5. The van der Waals surface area contributed by atoms with Gasteiger partial charge in [-0.25, -0.2) is 9.59 Å². The molecule has 0 saturated heterocycles. The van der Waals surface area contributed by atoms with Crippen LogP contribution in [0.4, 0.5) is 17.1 Å². The molecule has 0 fully saturated rings. The third kappa shape index (κ3) is 6.60. The fourth-order valence-corrected chi connectivity index (χ4v) is 4.56. The molecule has 10 nitrogen and oxygen atoms in total. The minimum Gasteiger partial charge on any atom is -0.457 e. The van der Waals surface area contributed by atoms with Crippen LogP contribution in [-0.2, 0) is 4.74 Å². The Morgan fingerprint density at radius 2 is 0.956 bits per heavy atom. The summed E-state index contributed by atoms with van der Waals surface area (Å²) >= 11 is 0. The summed E-state index contributed by atoms with van der Waals surface area (Å²) in [6.45, 7) is 0. The van der Waals surface area contributed by atoms with Gasteiger partial charge in [0.2, 0.25) is 0 Å². The normalized spacial score (nSPS) is 11.6. The van der Waals surface area contributed by atoms with E-state index in [0.29, 0.717) is 39.7 Å². The lowest BCUT2D eigenvalue weighted by Crippen LogP contribution is -2.17. The first-order chi connectivity index (χ1) is 21.8. The van der Waals surface area contributed by atoms with Crippen LogP contribution in [0.5, 0.6) is 11.5 Å². The van der Waals surface area contributed by atoms with Gasteiger partial charge in [-0.1, -0.05) is 36.4 Å². The van der Waals surface area contributed by atoms with Gasteiger partial charge in [0.05, 0.1) is 11.1 Å². The number of nitrogens with one attached hydrogen (secondary N) is 3. The van der Waals surface area contributed by atoms with E-state index in [9.17, 15) is 24.0 Å². The molecule has 220 valence electrons. The number of rotatable bonds is 8. The molecule has 5 aromatic carbocycles. The Kier molecular flexibility index (Phi) is 7.84. The molecule has 3 N–H and O–H groups in total. The number of esters is 2. The molecule has 0 spiro atoms. The van der Waals surface area contributed by atoms with Gasteiger partial charge in [-0.2, -0.15) is 0 Å². The molecule has 0 aromatic heterocycles. The second kappa shape index (κ2) is 12.4. The Labute approximate surface area is 256 Å². The van der Waals surface area contributed by atoms with Crippen LogP contribution in [0, 0.1) is 0 Å². The lowest BCUT2D eigenvalue weighted by atomic mass is 10.1. The number of hydrogen-bond donors (Lipinski definition) is 3. The minimum absolute atomic E-state index is 0.128. The summed E-state index contributed by atoms with van der Waals surface area (Å²) in [6.07, 6.45) is 0.